The largest absolute Gasteiger partial charge is 0.338 e. The Morgan fingerprint density at radius 3 is 2.82 bits per heavy atom. The Morgan fingerprint density at radius 2 is 2.18 bits per heavy atom. The maximum atomic E-state index is 12.0. The second-order valence-corrected chi connectivity index (χ2v) is 5.12. The number of nitrogens with zero attached hydrogens (tertiary/aromatic N) is 2. The van der Waals surface area contributed by atoms with Crippen LogP contribution in [-0.2, 0) is 24.8 Å². The highest BCUT2D eigenvalue weighted by molar-refractivity contribution is 9.10. The molecule has 2 heterocycles. The second-order valence-electron chi connectivity index (χ2n) is 4.27. The monoisotopic (exact) mass is 298 g/mol. The molecule has 0 bridgehead atoms. The summed E-state index contributed by atoms with van der Waals surface area (Å²) in [7, 11) is 1.73. The van der Waals surface area contributed by atoms with Crippen LogP contribution in [0.15, 0.2) is 15.5 Å². The van der Waals surface area contributed by atoms with E-state index in [0.29, 0.717) is 19.5 Å². The smallest absolute Gasteiger partial charge is 0.255 e. The van der Waals surface area contributed by atoms with Gasteiger partial charge in [-0.2, -0.15) is 0 Å². The van der Waals surface area contributed by atoms with E-state index in [1.807, 2.05) is 6.92 Å². The van der Waals surface area contributed by atoms with Crippen LogP contribution in [0.1, 0.15) is 24.5 Å². The number of fused-ring (bicyclic) bond motifs is 1. The van der Waals surface area contributed by atoms with Gasteiger partial charge >= 0.3 is 0 Å². The van der Waals surface area contributed by atoms with Crippen molar-refractivity contribution in [2.75, 3.05) is 6.54 Å². The summed E-state index contributed by atoms with van der Waals surface area (Å²) in [5.41, 5.74) is 1.79. The van der Waals surface area contributed by atoms with Crippen molar-refractivity contribution in [3.05, 3.63) is 32.2 Å². The number of hydrogen-bond donors (Lipinski definition) is 0. The van der Waals surface area contributed by atoms with Crippen molar-refractivity contribution in [1.82, 2.24) is 9.47 Å². The van der Waals surface area contributed by atoms with Crippen molar-refractivity contribution < 1.29 is 4.79 Å². The quantitative estimate of drug-likeness (QED) is 0.787. The van der Waals surface area contributed by atoms with E-state index in [1.54, 1.807) is 22.7 Å². The Balaban J connectivity index is 2.44. The zero-order valence-corrected chi connectivity index (χ0v) is 11.6. The van der Waals surface area contributed by atoms with E-state index in [1.165, 1.54) is 0 Å². The van der Waals surface area contributed by atoms with E-state index in [4.69, 9.17) is 0 Å². The van der Waals surface area contributed by atoms with E-state index in [-0.39, 0.29) is 11.5 Å². The van der Waals surface area contributed by atoms with Crippen LogP contribution in [0.25, 0.3) is 0 Å². The number of pyridine rings is 1. The minimum absolute atomic E-state index is 0.00296. The molecular formula is C12H15BrN2O2. The zero-order chi connectivity index (χ0) is 12.6. The average molecular weight is 299 g/mol. The summed E-state index contributed by atoms with van der Waals surface area (Å²) in [6, 6.07) is 0. The number of carbonyl (C=O) groups is 1. The second kappa shape index (κ2) is 4.64. The van der Waals surface area contributed by atoms with E-state index >= 15 is 0 Å². The fourth-order valence-electron chi connectivity index (χ4n) is 2.18. The normalized spacial score (nSPS) is 14.6. The van der Waals surface area contributed by atoms with Crippen LogP contribution in [0.4, 0.5) is 0 Å². The number of rotatable bonds is 1. The number of aromatic nitrogens is 1. The molecular weight excluding hydrogens is 284 g/mol. The molecule has 1 aliphatic heterocycles. The third kappa shape index (κ3) is 2.16. The van der Waals surface area contributed by atoms with Crippen LogP contribution in [-0.4, -0.2) is 21.9 Å². The van der Waals surface area contributed by atoms with Gasteiger partial charge in [0.2, 0.25) is 5.91 Å². The molecule has 0 fully saturated rings. The van der Waals surface area contributed by atoms with Gasteiger partial charge in [-0.05, 0) is 27.9 Å². The van der Waals surface area contributed by atoms with Gasteiger partial charge in [-0.15, -0.1) is 0 Å². The third-order valence-electron chi connectivity index (χ3n) is 3.17. The molecule has 0 saturated heterocycles. The molecule has 1 aliphatic rings. The van der Waals surface area contributed by atoms with Gasteiger partial charge < -0.3 is 9.47 Å². The van der Waals surface area contributed by atoms with E-state index < -0.39 is 0 Å². The van der Waals surface area contributed by atoms with Crippen molar-refractivity contribution in [3.63, 3.8) is 0 Å². The Labute approximate surface area is 108 Å². The van der Waals surface area contributed by atoms with Crippen LogP contribution in [0.3, 0.4) is 0 Å². The molecule has 1 amide bonds. The first-order valence-corrected chi connectivity index (χ1v) is 6.48. The molecule has 0 unspecified atom stereocenters. The zero-order valence-electron chi connectivity index (χ0n) is 9.99. The standard InChI is InChI=1S/C12H15BrN2O2/c1-3-11(16)15-5-4-8-9(6-15)12(17)14(2)7-10(8)13/h7H,3-6H2,1-2H3. The topological polar surface area (TPSA) is 42.3 Å². The lowest BCUT2D eigenvalue weighted by atomic mass is 10.0. The summed E-state index contributed by atoms with van der Waals surface area (Å²) in [5, 5.41) is 0. The SMILES string of the molecule is CCC(=O)N1CCc2c(Br)cn(C)c(=O)c2C1. The highest BCUT2D eigenvalue weighted by Gasteiger charge is 2.24. The number of hydrogen-bond acceptors (Lipinski definition) is 2. The van der Waals surface area contributed by atoms with Gasteiger partial charge in [0.25, 0.3) is 5.56 Å². The fraction of sp³-hybridized carbons (Fsp3) is 0.500. The Hall–Kier alpha value is -1.10. The summed E-state index contributed by atoms with van der Waals surface area (Å²) >= 11 is 3.48. The predicted molar refractivity (Wildman–Crippen MR) is 68.8 cm³/mol. The van der Waals surface area contributed by atoms with Crippen LogP contribution >= 0.6 is 15.9 Å². The molecule has 0 radical (unpaired) electrons. The van der Waals surface area contributed by atoms with Gasteiger partial charge in [0.1, 0.15) is 0 Å². The van der Waals surface area contributed by atoms with Gasteiger partial charge in [0.15, 0.2) is 0 Å². The number of carbonyl (C=O) groups excluding carboxylic acids is 1. The van der Waals surface area contributed by atoms with Crippen molar-refractivity contribution >= 4 is 21.8 Å². The summed E-state index contributed by atoms with van der Waals surface area (Å²) in [6.45, 7) is 2.98. The van der Waals surface area contributed by atoms with Gasteiger partial charge in [0, 0.05) is 36.2 Å². The summed E-state index contributed by atoms with van der Waals surface area (Å²) in [5.74, 6) is 0.109. The summed E-state index contributed by atoms with van der Waals surface area (Å²) in [4.78, 5) is 25.4. The lowest BCUT2D eigenvalue weighted by molar-refractivity contribution is -0.131. The van der Waals surface area contributed by atoms with Crippen molar-refractivity contribution in [3.8, 4) is 0 Å². The van der Waals surface area contributed by atoms with Gasteiger partial charge in [-0.3, -0.25) is 9.59 Å². The van der Waals surface area contributed by atoms with Crippen LogP contribution in [0.2, 0.25) is 0 Å². The van der Waals surface area contributed by atoms with E-state index in [2.05, 4.69) is 15.9 Å². The Kier molecular flexibility index (Phi) is 3.38. The maximum absolute atomic E-state index is 12.0. The molecule has 5 heteroatoms. The maximum Gasteiger partial charge on any atom is 0.255 e. The number of halogens is 1. The molecule has 0 aromatic carbocycles. The minimum atomic E-state index is -0.00296. The Morgan fingerprint density at radius 1 is 1.47 bits per heavy atom. The molecule has 2 rings (SSSR count). The Bertz CT molecular complexity index is 522. The van der Waals surface area contributed by atoms with Crippen molar-refractivity contribution in [2.24, 2.45) is 7.05 Å². The van der Waals surface area contributed by atoms with Gasteiger partial charge in [-0.25, -0.2) is 0 Å². The molecule has 0 saturated carbocycles. The van der Waals surface area contributed by atoms with Gasteiger partial charge in [-0.1, -0.05) is 6.92 Å². The first-order chi connectivity index (χ1) is 8.04. The van der Waals surface area contributed by atoms with Gasteiger partial charge in [0.05, 0.1) is 6.54 Å². The highest BCUT2D eigenvalue weighted by atomic mass is 79.9. The van der Waals surface area contributed by atoms with Crippen molar-refractivity contribution in [2.45, 2.75) is 26.3 Å². The van der Waals surface area contributed by atoms with Crippen molar-refractivity contribution in [1.29, 1.82) is 0 Å². The predicted octanol–water partition coefficient (Wildman–Crippen LogP) is 1.44. The van der Waals surface area contributed by atoms with Crippen LogP contribution in [0.5, 0.6) is 0 Å². The molecule has 0 atom stereocenters. The molecule has 17 heavy (non-hydrogen) atoms. The molecule has 92 valence electrons. The third-order valence-corrected chi connectivity index (χ3v) is 3.86. The first kappa shape index (κ1) is 12.4. The lowest BCUT2D eigenvalue weighted by Crippen LogP contribution is -2.39. The van der Waals surface area contributed by atoms with Crippen LogP contribution < -0.4 is 5.56 Å². The minimum Gasteiger partial charge on any atom is -0.338 e. The molecule has 4 nitrogen and oxygen atoms in total. The molecule has 0 aliphatic carbocycles. The van der Waals surface area contributed by atoms with E-state index in [9.17, 15) is 9.59 Å². The summed E-state index contributed by atoms with van der Waals surface area (Å²) in [6.07, 6.45) is 3.03. The fourth-order valence-corrected chi connectivity index (χ4v) is 2.92. The lowest BCUT2D eigenvalue weighted by Gasteiger charge is -2.29. The molecule has 0 N–H and O–H groups in total. The number of amides is 1. The number of aryl methyl sites for hydroxylation is 1. The first-order valence-electron chi connectivity index (χ1n) is 5.69. The molecule has 1 aromatic rings. The molecule has 0 spiro atoms. The summed E-state index contributed by atoms with van der Waals surface area (Å²) < 4.78 is 2.52. The highest BCUT2D eigenvalue weighted by Crippen LogP contribution is 2.23. The molecule has 1 aromatic heterocycles. The van der Waals surface area contributed by atoms with Crippen LogP contribution in [0, 0.1) is 0 Å². The average Bonchev–Trinajstić information content (AvgIpc) is 2.34. The van der Waals surface area contributed by atoms with E-state index in [0.717, 1.165) is 22.0 Å².